The number of thioether (sulfide) groups is 1. The Hall–Kier alpha value is -1.30. The number of hydrogen-bond acceptors (Lipinski definition) is 3. The van der Waals surface area contributed by atoms with E-state index < -0.39 is 5.76 Å². The lowest BCUT2D eigenvalue weighted by atomic mass is 10.3. The van der Waals surface area contributed by atoms with Crippen LogP contribution in [0.25, 0.3) is 0 Å². The zero-order valence-electron chi connectivity index (χ0n) is 9.37. The highest BCUT2D eigenvalue weighted by Gasteiger charge is 2.09. The van der Waals surface area contributed by atoms with Crippen LogP contribution in [0.2, 0.25) is 0 Å². The maximum Gasteiger partial charge on any atom is 0.288 e. The van der Waals surface area contributed by atoms with E-state index in [1.807, 2.05) is 0 Å². The van der Waals surface area contributed by atoms with Crippen molar-refractivity contribution in [1.29, 1.82) is 0 Å². The largest absolute Gasteiger partial charge is 0.384 e. The average molecular weight is 260 g/mol. The summed E-state index contributed by atoms with van der Waals surface area (Å²) in [6.07, 6.45) is 0.310. The number of alkyl halides is 2. The second-order valence-electron chi connectivity index (χ2n) is 3.22. The lowest BCUT2D eigenvalue weighted by Crippen LogP contribution is -2.20. The topological polar surface area (TPSA) is 41.1 Å². The van der Waals surface area contributed by atoms with Crippen molar-refractivity contribution in [3.63, 3.8) is 0 Å². The summed E-state index contributed by atoms with van der Waals surface area (Å²) >= 11 is 0.493. The molecule has 94 valence electrons. The van der Waals surface area contributed by atoms with Gasteiger partial charge in [0, 0.05) is 30.6 Å². The summed E-state index contributed by atoms with van der Waals surface area (Å²) in [5.74, 6) is -2.53. The second-order valence-corrected chi connectivity index (χ2v) is 4.26. The molecule has 6 heteroatoms. The van der Waals surface area contributed by atoms with E-state index in [4.69, 9.17) is 0 Å². The van der Waals surface area contributed by atoms with Gasteiger partial charge in [0.2, 0.25) is 5.91 Å². The summed E-state index contributed by atoms with van der Waals surface area (Å²) in [5, 5.41) is 5.46. The Labute approximate surface area is 103 Å². The van der Waals surface area contributed by atoms with E-state index in [1.165, 1.54) is 0 Å². The van der Waals surface area contributed by atoms with Gasteiger partial charge in [0.1, 0.15) is 0 Å². The van der Waals surface area contributed by atoms with E-state index in [2.05, 4.69) is 10.6 Å². The first-order chi connectivity index (χ1) is 8.13. The third kappa shape index (κ3) is 5.04. The average Bonchev–Trinajstić information content (AvgIpc) is 2.30. The van der Waals surface area contributed by atoms with Crippen molar-refractivity contribution in [1.82, 2.24) is 5.32 Å². The molecule has 0 bridgehead atoms. The summed E-state index contributed by atoms with van der Waals surface area (Å²) in [5.41, 5.74) is 0.627. The summed E-state index contributed by atoms with van der Waals surface area (Å²) in [7, 11) is 1.56. The van der Waals surface area contributed by atoms with Crippen molar-refractivity contribution >= 4 is 23.4 Å². The van der Waals surface area contributed by atoms with Gasteiger partial charge in [-0.2, -0.15) is 8.78 Å². The van der Waals surface area contributed by atoms with Gasteiger partial charge in [-0.15, -0.1) is 0 Å². The van der Waals surface area contributed by atoms with E-state index in [1.54, 1.807) is 31.3 Å². The minimum Gasteiger partial charge on any atom is -0.384 e. The van der Waals surface area contributed by atoms with Gasteiger partial charge >= 0.3 is 0 Å². The van der Waals surface area contributed by atoms with E-state index in [9.17, 15) is 13.6 Å². The highest BCUT2D eigenvalue weighted by Crippen LogP contribution is 2.31. The first kappa shape index (κ1) is 13.8. The molecule has 1 amide bonds. The molecule has 0 saturated carbocycles. The molecule has 0 atom stereocenters. The standard InChI is InChI=1S/C11H14F2N2OS/c1-14-10(16)6-7-15-8-4-2-3-5-9(8)17-11(12)13/h2-5,11,15H,6-7H2,1H3,(H,14,16). The molecule has 0 fully saturated rings. The molecule has 0 aromatic heterocycles. The molecule has 17 heavy (non-hydrogen) atoms. The van der Waals surface area contributed by atoms with Gasteiger partial charge in [0.05, 0.1) is 0 Å². The Morgan fingerprint density at radius 1 is 1.41 bits per heavy atom. The third-order valence-electron chi connectivity index (χ3n) is 2.05. The van der Waals surface area contributed by atoms with Gasteiger partial charge in [-0.3, -0.25) is 4.79 Å². The number of rotatable bonds is 6. The first-order valence-electron chi connectivity index (χ1n) is 5.11. The molecule has 0 spiro atoms. The van der Waals surface area contributed by atoms with Gasteiger partial charge < -0.3 is 10.6 Å². The number of benzene rings is 1. The van der Waals surface area contributed by atoms with Gasteiger partial charge in [0.15, 0.2) is 0 Å². The first-order valence-corrected chi connectivity index (χ1v) is 5.99. The minimum atomic E-state index is -2.45. The number of carbonyl (C=O) groups is 1. The molecule has 1 aromatic rings. The fraction of sp³-hybridized carbons (Fsp3) is 0.364. The molecule has 0 radical (unpaired) electrons. The number of hydrogen-bond donors (Lipinski definition) is 2. The van der Waals surface area contributed by atoms with Gasteiger partial charge in [-0.1, -0.05) is 23.9 Å². The minimum absolute atomic E-state index is 0.0866. The number of para-hydroxylation sites is 1. The fourth-order valence-electron chi connectivity index (χ4n) is 1.25. The quantitative estimate of drug-likeness (QED) is 0.772. The van der Waals surface area contributed by atoms with Crippen molar-refractivity contribution in [3.05, 3.63) is 24.3 Å². The maximum atomic E-state index is 12.3. The number of anilines is 1. The van der Waals surface area contributed by atoms with Gasteiger partial charge in [0.25, 0.3) is 5.76 Å². The van der Waals surface area contributed by atoms with Crippen molar-refractivity contribution in [2.24, 2.45) is 0 Å². The van der Waals surface area contributed by atoms with Crippen LogP contribution in [0.4, 0.5) is 14.5 Å². The molecule has 1 aromatic carbocycles. The molecule has 2 N–H and O–H groups in total. The van der Waals surface area contributed by atoms with Crippen molar-refractivity contribution in [2.45, 2.75) is 17.1 Å². The van der Waals surface area contributed by atoms with Crippen LogP contribution in [0.3, 0.4) is 0 Å². The Bertz CT molecular complexity index is 374. The highest BCUT2D eigenvalue weighted by atomic mass is 32.2. The van der Waals surface area contributed by atoms with Gasteiger partial charge in [-0.25, -0.2) is 0 Å². The number of nitrogens with one attached hydrogen (secondary N) is 2. The molecule has 0 saturated heterocycles. The van der Waals surface area contributed by atoms with Crippen LogP contribution >= 0.6 is 11.8 Å². The maximum absolute atomic E-state index is 12.3. The van der Waals surface area contributed by atoms with E-state index in [0.29, 0.717) is 35.3 Å². The molecule has 0 aliphatic rings. The van der Waals surface area contributed by atoms with Crippen molar-refractivity contribution < 1.29 is 13.6 Å². The molecule has 0 unspecified atom stereocenters. The van der Waals surface area contributed by atoms with Crippen LogP contribution in [-0.4, -0.2) is 25.3 Å². The predicted molar refractivity (Wildman–Crippen MR) is 65.5 cm³/mol. The normalized spacial score (nSPS) is 10.4. The molecule has 3 nitrogen and oxygen atoms in total. The van der Waals surface area contributed by atoms with Crippen molar-refractivity contribution in [2.75, 3.05) is 18.9 Å². The lowest BCUT2D eigenvalue weighted by Gasteiger charge is -2.10. The summed E-state index contributed by atoms with van der Waals surface area (Å²) in [4.78, 5) is 11.5. The number of amides is 1. The zero-order valence-corrected chi connectivity index (χ0v) is 10.2. The number of carbonyl (C=O) groups excluding carboxylic acids is 1. The van der Waals surface area contributed by atoms with Crippen LogP contribution < -0.4 is 10.6 Å². The predicted octanol–water partition coefficient (Wildman–Crippen LogP) is 2.55. The second kappa shape index (κ2) is 7.11. The monoisotopic (exact) mass is 260 g/mol. The Balaban J connectivity index is 2.54. The van der Waals surface area contributed by atoms with Gasteiger partial charge in [-0.05, 0) is 12.1 Å². The smallest absolute Gasteiger partial charge is 0.288 e. The van der Waals surface area contributed by atoms with E-state index >= 15 is 0 Å². The van der Waals surface area contributed by atoms with Crippen LogP contribution in [0.1, 0.15) is 6.42 Å². The van der Waals surface area contributed by atoms with Crippen molar-refractivity contribution in [3.8, 4) is 0 Å². The highest BCUT2D eigenvalue weighted by molar-refractivity contribution is 7.99. The zero-order chi connectivity index (χ0) is 12.7. The molecule has 0 aliphatic heterocycles. The molecular weight excluding hydrogens is 246 g/mol. The Morgan fingerprint density at radius 2 is 2.12 bits per heavy atom. The van der Waals surface area contributed by atoms with Crippen LogP contribution in [0, 0.1) is 0 Å². The number of halogens is 2. The third-order valence-corrected chi connectivity index (χ3v) is 2.84. The summed E-state index contributed by atoms with van der Waals surface area (Å²) in [6, 6.07) is 6.81. The Kier molecular flexibility index (Phi) is 5.76. The van der Waals surface area contributed by atoms with Crippen LogP contribution in [0.5, 0.6) is 0 Å². The Morgan fingerprint density at radius 3 is 2.76 bits per heavy atom. The summed E-state index contributed by atoms with van der Waals surface area (Å²) in [6.45, 7) is 0.417. The molecular formula is C11H14F2N2OS. The van der Waals surface area contributed by atoms with Crippen LogP contribution in [-0.2, 0) is 4.79 Å². The lowest BCUT2D eigenvalue weighted by molar-refractivity contribution is -0.120. The SMILES string of the molecule is CNC(=O)CCNc1ccccc1SC(F)F. The fourth-order valence-corrected chi connectivity index (χ4v) is 1.86. The van der Waals surface area contributed by atoms with E-state index in [0.717, 1.165) is 0 Å². The molecule has 0 heterocycles. The summed E-state index contributed by atoms with van der Waals surface area (Å²) < 4.78 is 24.6. The molecule has 1 rings (SSSR count). The molecule has 0 aliphatic carbocycles. The van der Waals surface area contributed by atoms with E-state index in [-0.39, 0.29) is 5.91 Å². The van der Waals surface area contributed by atoms with Crippen LogP contribution in [0.15, 0.2) is 29.2 Å².